The maximum atomic E-state index is 11.5. The van der Waals surface area contributed by atoms with Gasteiger partial charge in [-0.05, 0) is 28.9 Å². The average molecular weight is 316 g/mol. The highest BCUT2D eigenvalue weighted by Crippen LogP contribution is 2.28. The van der Waals surface area contributed by atoms with Crippen molar-refractivity contribution in [3.05, 3.63) is 38.3 Å². The van der Waals surface area contributed by atoms with Crippen molar-refractivity contribution in [2.75, 3.05) is 6.61 Å². The number of nitro benzene ring substituents is 1. The van der Waals surface area contributed by atoms with Crippen LogP contribution in [0.4, 0.5) is 5.69 Å². The van der Waals surface area contributed by atoms with Crippen LogP contribution in [0.25, 0.3) is 0 Å². The van der Waals surface area contributed by atoms with Gasteiger partial charge in [0.15, 0.2) is 0 Å². The summed E-state index contributed by atoms with van der Waals surface area (Å²) in [6, 6.07) is 4.49. The predicted molar refractivity (Wildman–Crippen MR) is 66.1 cm³/mol. The number of Topliss-reactive ketones (excluding diaryl/α,β-unsaturated/α-hetero) is 1. The molecular weight excluding hydrogens is 306 g/mol. The summed E-state index contributed by atoms with van der Waals surface area (Å²) < 4.78 is 4.80. The summed E-state index contributed by atoms with van der Waals surface area (Å²) >= 11 is 3.04. The van der Waals surface area contributed by atoms with E-state index < -0.39 is 16.7 Å². The van der Waals surface area contributed by atoms with E-state index >= 15 is 0 Å². The molecule has 0 atom stereocenters. The van der Waals surface area contributed by atoms with Gasteiger partial charge < -0.3 is 4.74 Å². The fraction of sp³-hybridized carbons (Fsp3) is 0.273. The average Bonchev–Trinajstić information content (AvgIpc) is 2.28. The molecule has 0 bridgehead atoms. The molecule has 0 radical (unpaired) electrons. The van der Waals surface area contributed by atoms with Crippen molar-refractivity contribution in [2.45, 2.75) is 13.3 Å². The van der Waals surface area contributed by atoms with Crippen LogP contribution in [-0.4, -0.2) is 23.3 Å². The number of hydrogen-bond acceptors (Lipinski definition) is 5. The molecule has 0 unspecified atom stereocenters. The Hall–Kier alpha value is -1.76. The Kier molecular flexibility index (Phi) is 4.96. The topological polar surface area (TPSA) is 86.5 Å². The molecule has 0 spiro atoms. The molecule has 1 aromatic rings. The van der Waals surface area contributed by atoms with E-state index in [2.05, 4.69) is 20.7 Å². The van der Waals surface area contributed by atoms with Crippen molar-refractivity contribution >= 4 is 33.4 Å². The Balaban J connectivity index is 2.98. The second-order valence-electron chi connectivity index (χ2n) is 3.33. The summed E-state index contributed by atoms with van der Waals surface area (Å²) in [6.07, 6.45) is -0.353. The van der Waals surface area contributed by atoms with E-state index in [1.807, 2.05) is 0 Å². The van der Waals surface area contributed by atoms with Crippen LogP contribution in [-0.2, 0) is 20.7 Å². The SMILES string of the molecule is CCOC(=O)C(=O)Cc1cccc(Br)c1[N+](=O)[O-]. The van der Waals surface area contributed by atoms with E-state index in [0.29, 0.717) is 0 Å². The Morgan fingerprint density at radius 2 is 2.11 bits per heavy atom. The number of rotatable bonds is 5. The number of ketones is 1. The summed E-state index contributed by atoms with van der Waals surface area (Å²) in [5.41, 5.74) is -0.0393. The van der Waals surface area contributed by atoms with Gasteiger partial charge >= 0.3 is 5.97 Å². The van der Waals surface area contributed by atoms with Crippen LogP contribution in [0.1, 0.15) is 12.5 Å². The number of carbonyl (C=O) groups excluding carboxylic acids is 2. The van der Waals surface area contributed by atoms with Gasteiger partial charge in [0.25, 0.3) is 5.69 Å². The highest BCUT2D eigenvalue weighted by molar-refractivity contribution is 9.10. The molecule has 0 N–H and O–H groups in total. The fourth-order valence-electron chi connectivity index (χ4n) is 1.36. The first-order valence-electron chi connectivity index (χ1n) is 5.09. The van der Waals surface area contributed by atoms with Crippen LogP contribution in [0.15, 0.2) is 22.7 Å². The highest BCUT2D eigenvalue weighted by Gasteiger charge is 2.23. The third-order valence-corrected chi connectivity index (χ3v) is 2.75. The molecule has 96 valence electrons. The Bertz CT molecular complexity index is 500. The van der Waals surface area contributed by atoms with Crippen molar-refractivity contribution in [2.24, 2.45) is 0 Å². The number of hydrogen-bond donors (Lipinski definition) is 0. The number of esters is 1. The standard InChI is InChI=1S/C11H10BrNO5/c1-2-18-11(15)9(14)6-7-4-3-5-8(12)10(7)13(16)17/h3-5H,2,6H2,1H3. The summed E-state index contributed by atoms with van der Waals surface area (Å²) in [4.78, 5) is 32.9. The largest absolute Gasteiger partial charge is 0.460 e. The monoisotopic (exact) mass is 315 g/mol. The van der Waals surface area contributed by atoms with Gasteiger partial charge in [-0.15, -0.1) is 0 Å². The van der Waals surface area contributed by atoms with Gasteiger partial charge in [-0.3, -0.25) is 14.9 Å². The highest BCUT2D eigenvalue weighted by atomic mass is 79.9. The third kappa shape index (κ3) is 3.36. The predicted octanol–water partition coefficient (Wildman–Crippen LogP) is 2.03. The second-order valence-corrected chi connectivity index (χ2v) is 4.18. The molecule has 1 aromatic carbocycles. The van der Waals surface area contributed by atoms with Crippen LogP contribution >= 0.6 is 15.9 Å². The molecule has 6 nitrogen and oxygen atoms in total. The van der Waals surface area contributed by atoms with Gasteiger partial charge in [0.1, 0.15) is 0 Å². The number of benzene rings is 1. The zero-order valence-electron chi connectivity index (χ0n) is 9.51. The number of carbonyl (C=O) groups is 2. The first-order chi connectivity index (χ1) is 8.47. The van der Waals surface area contributed by atoms with Crippen LogP contribution in [0.3, 0.4) is 0 Å². The van der Waals surface area contributed by atoms with Crippen molar-refractivity contribution in [1.82, 2.24) is 0 Å². The molecule has 0 aliphatic carbocycles. The molecule has 0 heterocycles. The summed E-state index contributed by atoms with van der Waals surface area (Å²) in [6.45, 7) is 1.66. The molecule has 0 fully saturated rings. The normalized spacial score (nSPS) is 9.89. The smallest absolute Gasteiger partial charge is 0.374 e. The Morgan fingerprint density at radius 1 is 1.44 bits per heavy atom. The number of nitro groups is 1. The molecule has 0 aliphatic rings. The van der Waals surface area contributed by atoms with Gasteiger partial charge in [-0.2, -0.15) is 0 Å². The van der Waals surface area contributed by atoms with E-state index in [1.165, 1.54) is 12.1 Å². The molecule has 0 aliphatic heterocycles. The van der Waals surface area contributed by atoms with Crippen molar-refractivity contribution in [3.63, 3.8) is 0 Å². The number of halogens is 1. The molecule has 7 heteroatoms. The summed E-state index contributed by atoms with van der Waals surface area (Å²) in [7, 11) is 0. The van der Waals surface area contributed by atoms with Crippen molar-refractivity contribution in [1.29, 1.82) is 0 Å². The van der Waals surface area contributed by atoms with E-state index in [4.69, 9.17) is 0 Å². The molecule has 18 heavy (non-hydrogen) atoms. The molecular formula is C11H10BrNO5. The van der Waals surface area contributed by atoms with Gasteiger partial charge in [0.2, 0.25) is 5.78 Å². The Morgan fingerprint density at radius 3 is 2.67 bits per heavy atom. The van der Waals surface area contributed by atoms with E-state index in [0.717, 1.165) is 0 Å². The van der Waals surface area contributed by atoms with Crippen molar-refractivity contribution < 1.29 is 19.2 Å². The maximum absolute atomic E-state index is 11.5. The zero-order valence-corrected chi connectivity index (χ0v) is 11.1. The lowest BCUT2D eigenvalue weighted by molar-refractivity contribution is -0.386. The maximum Gasteiger partial charge on any atom is 0.374 e. The minimum atomic E-state index is -0.980. The summed E-state index contributed by atoms with van der Waals surface area (Å²) in [5.74, 6) is -1.79. The lowest BCUT2D eigenvalue weighted by atomic mass is 10.1. The van der Waals surface area contributed by atoms with E-state index in [-0.39, 0.29) is 28.8 Å². The quantitative estimate of drug-likeness (QED) is 0.359. The first kappa shape index (κ1) is 14.3. The Labute approximate surface area is 111 Å². The minimum absolute atomic E-state index is 0.0884. The van der Waals surface area contributed by atoms with Crippen LogP contribution < -0.4 is 0 Å². The molecule has 0 saturated carbocycles. The summed E-state index contributed by atoms with van der Waals surface area (Å²) in [5, 5.41) is 10.9. The van der Waals surface area contributed by atoms with Crippen LogP contribution in [0.2, 0.25) is 0 Å². The van der Waals surface area contributed by atoms with Crippen LogP contribution in [0, 0.1) is 10.1 Å². The lowest BCUT2D eigenvalue weighted by Gasteiger charge is -2.03. The number of nitrogens with zero attached hydrogens (tertiary/aromatic N) is 1. The number of ether oxygens (including phenoxy) is 1. The van der Waals surface area contributed by atoms with Crippen molar-refractivity contribution in [3.8, 4) is 0 Å². The van der Waals surface area contributed by atoms with Gasteiger partial charge in [-0.1, -0.05) is 12.1 Å². The van der Waals surface area contributed by atoms with Gasteiger partial charge in [-0.25, -0.2) is 4.79 Å². The molecule has 0 amide bonds. The van der Waals surface area contributed by atoms with E-state index in [1.54, 1.807) is 13.0 Å². The van der Waals surface area contributed by atoms with Gasteiger partial charge in [0, 0.05) is 12.0 Å². The van der Waals surface area contributed by atoms with E-state index in [9.17, 15) is 19.7 Å². The zero-order chi connectivity index (χ0) is 13.7. The molecule has 0 aromatic heterocycles. The first-order valence-corrected chi connectivity index (χ1v) is 5.88. The third-order valence-electron chi connectivity index (χ3n) is 2.11. The second kappa shape index (κ2) is 6.25. The lowest BCUT2D eigenvalue weighted by Crippen LogP contribution is -2.19. The fourth-order valence-corrected chi connectivity index (χ4v) is 1.92. The van der Waals surface area contributed by atoms with Crippen LogP contribution in [0.5, 0.6) is 0 Å². The minimum Gasteiger partial charge on any atom is -0.460 e. The van der Waals surface area contributed by atoms with Gasteiger partial charge in [0.05, 0.1) is 16.0 Å². The number of para-hydroxylation sites is 1. The molecule has 1 rings (SSSR count). The molecule has 0 saturated heterocycles.